The Morgan fingerprint density at radius 2 is 1.96 bits per heavy atom. The van der Waals surface area contributed by atoms with Crippen molar-refractivity contribution in [2.45, 2.75) is 38.3 Å². The maximum Gasteiger partial charge on any atom is 0.241 e. The third kappa shape index (κ3) is 2.80. The molecule has 144 valence electrons. The predicted molar refractivity (Wildman–Crippen MR) is 108 cm³/mol. The number of nitrogens with zero attached hydrogens (tertiary/aromatic N) is 7. The lowest BCUT2D eigenvalue weighted by Gasteiger charge is -2.39. The zero-order chi connectivity index (χ0) is 19.3. The Kier molecular flexibility index (Phi) is 4.01. The molecule has 1 N–H and O–H groups in total. The second-order valence-corrected chi connectivity index (χ2v) is 7.69. The molecule has 0 atom stereocenters. The van der Waals surface area contributed by atoms with Gasteiger partial charge in [-0.15, -0.1) is 5.10 Å². The Morgan fingerprint density at radius 3 is 2.75 bits per heavy atom. The lowest BCUT2D eigenvalue weighted by molar-refractivity contribution is 0.177. The van der Waals surface area contributed by atoms with Crippen molar-refractivity contribution >= 4 is 17.2 Å². The van der Waals surface area contributed by atoms with Crippen LogP contribution in [-0.2, 0) is 6.42 Å². The number of hydrogen-bond donors (Lipinski definition) is 1. The Morgan fingerprint density at radius 1 is 1.14 bits per heavy atom. The van der Waals surface area contributed by atoms with Gasteiger partial charge in [-0.2, -0.15) is 0 Å². The summed E-state index contributed by atoms with van der Waals surface area (Å²) in [4.78, 5) is 15.7. The molecule has 4 heterocycles. The summed E-state index contributed by atoms with van der Waals surface area (Å²) in [5.74, 6) is 1.40. The largest absolute Gasteiger partial charge is 0.350 e. The van der Waals surface area contributed by atoms with Gasteiger partial charge in [0, 0.05) is 47.5 Å². The molecule has 0 saturated heterocycles. The first-order valence-corrected chi connectivity index (χ1v) is 9.72. The molecule has 4 aromatic rings. The van der Waals surface area contributed by atoms with Crippen LogP contribution >= 0.6 is 0 Å². The first-order valence-electron chi connectivity index (χ1n) is 9.72. The SMILES string of the molecule is CCc1cnc2ncc(-c3ccn4nc(N[C@H]5C[C@@H](N(C)C)C5)ncc34)cn12. The Bertz CT molecular complexity index is 1140. The number of hydrogen-bond acceptors (Lipinski definition) is 6. The summed E-state index contributed by atoms with van der Waals surface area (Å²) in [6.07, 6.45) is 12.8. The van der Waals surface area contributed by atoms with Crippen LogP contribution in [-0.4, -0.2) is 60.0 Å². The van der Waals surface area contributed by atoms with Gasteiger partial charge in [0.25, 0.3) is 0 Å². The highest BCUT2D eigenvalue weighted by atomic mass is 15.3. The van der Waals surface area contributed by atoms with Gasteiger partial charge < -0.3 is 10.2 Å². The normalized spacial score (nSPS) is 19.4. The molecule has 0 radical (unpaired) electrons. The zero-order valence-electron chi connectivity index (χ0n) is 16.4. The molecule has 0 aliphatic heterocycles. The van der Waals surface area contributed by atoms with Crippen molar-refractivity contribution in [2.75, 3.05) is 19.4 Å². The average Bonchev–Trinajstić information content (AvgIpc) is 3.26. The van der Waals surface area contributed by atoms with E-state index in [9.17, 15) is 0 Å². The quantitative estimate of drug-likeness (QED) is 0.577. The van der Waals surface area contributed by atoms with Gasteiger partial charge in [-0.3, -0.25) is 4.40 Å². The van der Waals surface area contributed by atoms with Crippen LogP contribution in [0.5, 0.6) is 0 Å². The summed E-state index contributed by atoms with van der Waals surface area (Å²) in [6.45, 7) is 2.12. The standard InChI is InChI=1S/C20H24N8/c1-4-15-10-23-20-22-9-13(12-27(15)20)17-5-6-28-18(17)11-21-19(25-28)24-14-7-16(8-14)26(2)3/h5-6,9-12,14,16H,4,7-8H2,1-3H3,(H,24,25)/t14-,16+. The lowest BCUT2D eigenvalue weighted by Crippen LogP contribution is -2.47. The van der Waals surface area contributed by atoms with Gasteiger partial charge in [0.1, 0.15) is 0 Å². The summed E-state index contributed by atoms with van der Waals surface area (Å²) in [5.41, 5.74) is 4.20. The van der Waals surface area contributed by atoms with Gasteiger partial charge in [0.15, 0.2) is 0 Å². The van der Waals surface area contributed by atoms with Crippen LogP contribution in [0.3, 0.4) is 0 Å². The number of imidazole rings is 1. The lowest BCUT2D eigenvalue weighted by atomic mass is 9.86. The van der Waals surface area contributed by atoms with Gasteiger partial charge in [0.2, 0.25) is 11.7 Å². The molecule has 5 rings (SSSR count). The molecule has 1 aliphatic carbocycles. The van der Waals surface area contributed by atoms with E-state index in [0.717, 1.165) is 47.4 Å². The summed E-state index contributed by atoms with van der Waals surface area (Å²) >= 11 is 0. The monoisotopic (exact) mass is 376 g/mol. The molecule has 0 bridgehead atoms. The van der Waals surface area contributed by atoms with E-state index >= 15 is 0 Å². The first kappa shape index (κ1) is 17.1. The molecular formula is C20H24N8. The van der Waals surface area contributed by atoms with Crippen LogP contribution in [0.25, 0.3) is 22.4 Å². The van der Waals surface area contributed by atoms with Crippen LogP contribution in [0.4, 0.5) is 5.95 Å². The van der Waals surface area contributed by atoms with Crippen molar-refractivity contribution in [2.24, 2.45) is 0 Å². The maximum atomic E-state index is 4.64. The van der Waals surface area contributed by atoms with Crippen molar-refractivity contribution in [3.63, 3.8) is 0 Å². The van der Waals surface area contributed by atoms with Crippen LogP contribution in [0.1, 0.15) is 25.5 Å². The van der Waals surface area contributed by atoms with E-state index in [4.69, 9.17) is 0 Å². The van der Waals surface area contributed by atoms with E-state index in [2.05, 4.69) is 63.5 Å². The number of anilines is 1. The smallest absolute Gasteiger partial charge is 0.241 e. The van der Waals surface area contributed by atoms with Crippen LogP contribution in [0, 0.1) is 0 Å². The number of nitrogens with one attached hydrogen (secondary N) is 1. The third-order valence-electron chi connectivity index (χ3n) is 5.71. The highest BCUT2D eigenvalue weighted by molar-refractivity contribution is 5.79. The van der Waals surface area contributed by atoms with Crippen molar-refractivity contribution in [1.29, 1.82) is 0 Å². The second-order valence-electron chi connectivity index (χ2n) is 7.69. The topological polar surface area (TPSA) is 75.7 Å². The van der Waals surface area contributed by atoms with Crippen LogP contribution in [0.15, 0.2) is 37.1 Å². The minimum atomic E-state index is 0.445. The number of fused-ring (bicyclic) bond motifs is 2. The minimum Gasteiger partial charge on any atom is -0.350 e. The van der Waals surface area contributed by atoms with E-state index < -0.39 is 0 Å². The minimum absolute atomic E-state index is 0.445. The van der Waals surface area contributed by atoms with E-state index in [1.807, 2.05) is 33.7 Å². The predicted octanol–water partition coefficient (Wildman–Crippen LogP) is 2.51. The van der Waals surface area contributed by atoms with E-state index in [1.54, 1.807) is 0 Å². The number of aryl methyl sites for hydroxylation is 1. The average molecular weight is 376 g/mol. The number of aromatic nitrogens is 6. The molecule has 1 fully saturated rings. The molecule has 28 heavy (non-hydrogen) atoms. The van der Waals surface area contributed by atoms with Crippen LogP contribution in [0.2, 0.25) is 0 Å². The molecule has 8 nitrogen and oxygen atoms in total. The van der Waals surface area contributed by atoms with Crippen molar-refractivity contribution in [3.8, 4) is 11.1 Å². The summed E-state index contributed by atoms with van der Waals surface area (Å²) < 4.78 is 3.93. The van der Waals surface area contributed by atoms with Crippen molar-refractivity contribution in [1.82, 2.24) is 33.9 Å². The summed E-state index contributed by atoms with van der Waals surface area (Å²) in [7, 11) is 4.26. The van der Waals surface area contributed by atoms with Crippen LogP contribution < -0.4 is 5.32 Å². The fraction of sp³-hybridized carbons (Fsp3) is 0.400. The Hall–Kier alpha value is -3.00. The van der Waals surface area contributed by atoms with Gasteiger partial charge in [-0.1, -0.05) is 6.92 Å². The van der Waals surface area contributed by atoms with E-state index in [0.29, 0.717) is 18.0 Å². The second kappa shape index (κ2) is 6.56. The summed E-state index contributed by atoms with van der Waals surface area (Å²) in [6, 6.07) is 3.16. The van der Waals surface area contributed by atoms with Gasteiger partial charge in [-0.05, 0) is 39.4 Å². The molecule has 4 aromatic heterocycles. The fourth-order valence-electron chi connectivity index (χ4n) is 3.84. The first-order chi connectivity index (χ1) is 13.6. The highest BCUT2D eigenvalue weighted by Gasteiger charge is 2.30. The molecular weight excluding hydrogens is 352 g/mol. The van der Waals surface area contributed by atoms with Gasteiger partial charge >= 0.3 is 0 Å². The molecule has 0 amide bonds. The van der Waals surface area contributed by atoms with E-state index in [1.165, 1.54) is 0 Å². The third-order valence-corrected chi connectivity index (χ3v) is 5.71. The van der Waals surface area contributed by atoms with E-state index in [-0.39, 0.29) is 0 Å². The Labute approximate surface area is 163 Å². The van der Waals surface area contributed by atoms with Gasteiger partial charge in [0.05, 0.1) is 17.9 Å². The fourth-order valence-corrected chi connectivity index (χ4v) is 3.84. The van der Waals surface area contributed by atoms with Crippen molar-refractivity contribution < 1.29 is 0 Å². The van der Waals surface area contributed by atoms with Crippen molar-refractivity contribution in [3.05, 3.63) is 42.7 Å². The maximum absolute atomic E-state index is 4.64. The molecule has 0 aromatic carbocycles. The summed E-state index contributed by atoms with van der Waals surface area (Å²) in [5, 5.41) is 8.09. The molecule has 1 saturated carbocycles. The van der Waals surface area contributed by atoms with Gasteiger partial charge in [-0.25, -0.2) is 19.5 Å². The Balaban J connectivity index is 1.42. The number of rotatable bonds is 5. The highest BCUT2D eigenvalue weighted by Crippen LogP contribution is 2.28. The molecule has 1 aliphatic rings. The zero-order valence-corrected chi connectivity index (χ0v) is 16.4. The molecule has 0 spiro atoms. The molecule has 0 unspecified atom stereocenters. The molecule has 8 heteroatoms.